The van der Waals surface area contributed by atoms with Crippen LogP contribution in [0.5, 0.6) is 0 Å². The molecule has 154 valence electrons. The molecule has 0 aromatic heterocycles. The van der Waals surface area contributed by atoms with Gasteiger partial charge in [-0.25, -0.2) is 0 Å². The van der Waals surface area contributed by atoms with E-state index in [4.69, 9.17) is 14.6 Å². The fourth-order valence-electron chi connectivity index (χ4n) is 3.19. The zero-order valence-corrected chi connectivity index (χ0v) is 16.0. The molecule has 7 heteroatoms. The van der Waals surface area contributed by atoms with Gasteiger partial charge in [0.05, 0.1) is 30.8 Å². The van der Waals surface area contributed by atoms with Gasteiger partial charge < -0.3 is 29.9 Å². The minimum Gasteiger partial charge on any atom is -0.481 e. The Hall–Kier alpha value is -0.730. The van der Waals surface area contributed by atoms with Crippen LogP contribution in [0.4, 0.5) is 0 Å². The Bertz CT molecular complexity index is 390. The number of rotatable bonds is 13. The van der Waals surface area contributed by atoms with Gasteiger partial charge in [0.1, 0.15) is 6.10 Å². The Morgan fingerprint density at radius 2 is 1.65 bits per heavy atom. The van der Waals surface area contributed by atoms with Gasteiger partial charge in [-0.05, 0) is 26.7 Å². The number of aliphatic hydroxyl groups excluding tert-OH is 3. The summed E-state index contributed by atoms with van der Waals surface area (Å²) in [5, 5.41) is 37.6. The quantitative estimate of drug-likeness (QED) is 0.364. The van der Waals surface area contributed by atoms with E-state index in [-0.39, 0.29) is 25.0 Å². The van der Waals surface area contributed by atoms with Gasteiger partial charge in [0.2, 0.25) is 0 Å². The lowest BCUT2D eigenvalue weighted by molar-refractivity contribution is -0.273. The summed E-state index contributed by atoms with van der Waals surface area (Å²) >= 11 is 0. The first-order valence-corrected chi connectivity index (χ1v) is 9.86. The van der Waals surface area contributed by atoms with Gasteiger partial charge in [-0.2, -0.15) is 0 Å². The molecule has 26 heavy (non-hydrogen) atoms. The molecule has 1 heterocycles. The lowest BCUT2D eigenvalue weighted by atomic mass is 10.0. The molecule has 0 amide bonds. The van der Waals surface area contributed by atoms with Crippen LogP contribution in [0.2, 0.25) is 0 Å². The maximum absolute atomic E-state index is 10.4. The van der Waals surface area contributed by atoms with Gasteiger partial charge in [0.25, 0.3) is 0 Å². The number of ether oxygens (including phenoxy) is 2. The molecule has 0 saturated carbocycles. The minimum atomic E-state index is -0.953. The molecular formula is C19H36O7. The van der Waals surface area contributed by atoms with Gasteiger partial charge >= 0.3 is 5.97 Å². The second-order valence-electron chi connectivity index (χ2n) is 7.48. The smallest absolute Gasteiger partial charge is 0.305 e. The van der Waals surface area contributed by atoms with Crippen LogP contribution in [-0.2, 0) is 14.3 Å². The van der Waals surface area contributed by atoms with Crippen molar-refractivity contribution in [2.24, 2.45) is 0 Å². The average molecular weight is 376 g/mol. The number of carboxylic acid groups (broad SMARTS) is 1. The SMILES string of the molecule is CC(CCCCCCCCC(O)CC(=O)O)OC1OC(C)C(O)CC1O. The van der Waals surface area contributed by atoms with E-state index >= 15 is 0 Å². The summed E-state index contributed by atoms with van der Waals surface area (Å²) in [5.41, 5.74) is 0. The van der Waals surface area contributed by atoms with E-state index in [1.165, 1.54) is 0 Å². The summed E-state index contributed by atoms with van der Waals surface area (Å²) in [6, 6.07) is 0. The minimum absolute atomic E-state index is 0.0109. The molecule has 0 aromatic rings. The molecule has 0 radical (unpaired) electrons. The van der Waals surface area contributed by atoms with E-state index < -0.39 is 30.6 Å². The summed E-state index contributed by atoms with van der Waals surface area (Å²) in [4.78, 5) is 10.4. The van der Waals surface area contributed by atoms with Crippen LogP contribution in [-0.4, -0.2) is 63.2 Å². The topological polar surface area (TPSA) is 116 Å². The van der Waals surface area contributed by atoms with E-state index in [9.17, 15) is 20.1 Å². The van der Waals surface area contributed by atoms with Crippen LogP contribution in [0.1, 0.15) is 78.1 Å². The summed E-state index contributed by atoms with van der Waals surface area (Å²) in [7, 11) is 0. The maximum Gasteiger partial charge on any atom is 0.305 e. The third kappa shape index (κ3) is 9.83. The average Bonchev–Trinajstić information content (AvgIpc) is 2.54. The number of hydrogen-bond acceptors (Lipinski definition) is 6. The number of carboxylic acids is 1. The van der Waals surface area contributed by atoms with Crippen LogP contribution < -0.4 is 0 Å². The Morgan fingerprint density at radius 3 is 2.27 bits per heavy atom. The van der Waals surface area contributed by atoms with Crippen molar-refractivity contribution in [1.82, 2.24) is 0 Å². The maximum atomic E-state index is 10.4. The van der Waals surface area contributed by atoms with Gasteiger partial charge in [-0.3, -0.25) is 4.79 Å². The van der Waals surface area contributed by atoms with E-state index in [0.29, 0.717) is 6.42 Å². The van der Waals surface area contributed by atoms with Crippen molar-refractivity contribution in [3.8, 4) is 0 Å². The Balaban J connectivity index is 2.00. The van der Waals surface area contributed by atoms with Gasteiger partial charge in [-0.1, -0.05) is 38.5 Å². The van der Waals surface area contributed by atoms with E-state index in [1.807, 2.05) is 6.92 Å². The summed E-state index contributed by atoms with van der Waals surface area (Å²) in [5.74, 6) is -0.953. The molecule has 0 spiro atoms. The Labute approximate surface area is 156 Å². The second kappa shape index (κ2) is 12.6. The summed E-state index contributed by atoms with van der Waals surface area (Å²) in [6.07, 6.45) is 4.54. The predicted molar refractivity (Wildman–Crippen MR) is 96.7 cm³/mol. The molecule has 1 rings (SSSR count). The van der Waals surface area contributed by atoms with E-state index in [0.717, 1.165) is 44.9 Å². The third-order valence-corrected chi connectivity index (χ3v) is 4.86. The third-order valence-electron chi connectivity index (χ3n) is 4.86. The highest BCUT2D eigenvalue weighted by Crippen LogP contribution is 2.23. The highest BCUT2D eigenvalue weighted by molar-refractivity contribution is 5.67. The van der Waals surface area contributed by atoms with Crippen LogP contribution in [0.15, 0.2) is 0 Å². The Kier molecular flexibility index (Phi) is 11.3. The molecule has 1 saturated heterocycles. The zero-order chi connectivity index (χ0) is 19.5. The van der Waals surface area contributed by atoms with Crippen molar-refractivity contribution in [3.63, 3.8) is 0 Å². The van der Waals surface area contributed by atoms with Crippen molar-refractivity contribution in [1.29, 1.82) is 0 Å². The first kappa shape index (κ1) is 23.3. The number of unbranched alkanes of at least 4 members (excludes halogenated alkanes) is 5. The molecule has 0 aliphatic carbocycles. The van der Waals surface area contributed by atoms with Crippen molar-refractivity contribution in [3.05, 3.63) is 0 Å². The number of aliphatic hydroxyl groups is 3. The van der Waals surface area contributed by atoms with E-state index in [2.05, 4.69) is 0 Å². The molecule has 1 aliphatic rings. The standard InChI is InChI=1S/C19H36O7/c1-13(25-19-17(22)12-16(21)14(2)26-19)9-7-5-3-4-6-8-10-15(20)11-18(23)24/h13-17,19-22H,3-12H2,1-2H3,(H,23,24). The van der Waals surface area contributed by atoms with Crippen molar-refractivity contribution < 1.29 is 34.7 Å². The second-order valence-corrected chi connectivity index (χ2v) is 7.48. The summed E-state index contributed by atoms with van der Waals surface area (Å²) < 4.78 is 11.3. The highest BCUT2D eigenvalue weighted by Gasteiger charge is 2.35. The summed E-state index contributed by atoms with van der Waals surface area (Å²) in [6.45, 7) is 3.74. The lowest BCUT2D eigenvalue weighted by Crippen LogP contribution is -2.48. The molecule has 6 atom stereocenters. The Morgan fingerprint density at radius 1 is 1.08 bits per heavy atom. The van der Waals surface area contributed by atoms with Crippen molar-refractivity contribution in [2.75, 3.05) is 0 Å². The largest absolute Gasteiger partial charge is 0.481 e. The van der Waals surface area contributed by atoms with Gasteiger partial charge in [0.15, 0.2) is 6.29 Å². The molecule has 4 N–H and O–H groups in total. The molecule has 0 aromatic carbocycles. The molecular weight excluding hydrogens is 340 g/mol. The fourth-order valence-corrected chi connectivity index (χ4v) is 3.19. The monoisotopic (exact) mass is 376 g/mol. The zero-order valence-electron chi connectivity index (χ0n) is 16.0. The van der Waals surface area contributed by atoms with E-state index in [1.54, 1.807) is 6.92 Å². The first-order valence-electron chi connectivity index (χ1n) is 9.86. The molecule has 1 aliphatic heterocycles. The number of hydrogen-bond donors (Lipinski definition) is 4. The van der Waals surface area contributed by atoms with Crippen LogP contribution in [0.3, 0.4) is 0 Å². The van der Waals surface area contributed by atoms with Crippen LogP contribution in [0.25, 0.3) is 0 Å². The van der Waals surface area contributed by atoms with Crippen molar-refractivity contribution in [2.45, 2.75) is 115 Å². The number of aliphatic carboxylic acids is 1. The van der Waals surface area contributed by atoms with Crippen molar-refractivity contribution >= 4 is 5.97 Å². The van der Waals surface area contributed by atoms with Crippen LogP contribution in [0, 0.1) is 0 Å². The molecule has 7 nitrogen and oxygen atoms in total. The highest BCUT2D eigenvalue weighted by atomic mass is 16.7. The molecule has 6 unspecified atom stereocenters. The predicted octanol–water partition coefficient (Wildman–Crippen LogP) is 2.20. The fraction of sp³-hybridized carbons (Fsp3) is 0.947. The first-order chi connectivity index (χ1) is 12.3. The number of carbonyl (C=O) groups is 1. The molecule has 1 fully saturated rings. The lowest BCUT2D eigenvalue weighted by Gasteiger charge is -2.36. The van der Waals surface area contributed by atoms with Gasteiger partial charge in [-0.15, -0.1) is 0 Å². The van der Waals surface area contributed by atoms with Crippen LogP contribution >= 0.6 is 0 Å². The van der Waals surface area contributed by atoms with Gasteiger partial charge in [0, 0.05) is 6.42 Å². The normalized spacial score (nSPS) is 28.7. The molecule has 0 bridgehead atoms.